The first-order valence-electron chi connectivity index (χ1n) is 7.17. The average Bonchev–Trinajstić information content (AvgIpc) is 3.15. The summed E-state index contributed by atoms with van der Waals surface area (Å²) in [5.74, 6) is 1.59. The maximum absolute atomic E-state index is 6.05. The summed E-state index contributed by atoms with van der Waals surface area (Å²) in [4.78, 5) is 15.0. The molecule has 0 spiro atoms. The summed E-state index contributed by atoms with van der Waals surface area (Å²) < 4.78 is 0. The van der Waals surface area contributed by atoms with Crippen molar-refractivity contribution in [2.45, 2.75) is 18.9 Å². The van der Waals surface area contributed by atoms with E-state index >= 15 is 0 Å². The first-order valence-corrected chi connectivity index (χ1v) is 7.17. The molecule has 3 aromatic heterocycles. The van der Waals surface area contributed by atoms with Crippen LogP contribution in [0.25, 0.3) is 11.0 Å². The van der Waals surface area contributed by atoms with Gasteiger partial charge in [-0.15, -0.1) is 0 Å². The lowest BCUT2D eigenvalue weighted by atomic mass is 10.1. The standard InChI is InChI=1S/C14H16N8/c15-11-8(3-1-5-17-11)10-4-2-6-22(10)13-9-7-18-21-12(9)19-14(16)20-13/h1,3,5,7,10H,2,4,6H2,(H2,15,17)(H3,16,18,19,20,21). The van der Waals surface area contributed by atoms with Crippen LogP contribution in [0, 0.1) is 0 Å². The van der Waals surface area contributed by atoms with E-state index < -0.39 is 0 Å². The van der Waals surface area contributed by atoms with Crippen LogP contribution in [0.1, 0.15) is 24.4 Å². The fourth-order valence-corrected chi connectivity index (χ4v) is 3.11. The normalized spacial score (nSPS) is 18.2. The predicted molar refractivity (Wildman–Crippen MR) is 84.1 cm³/mol. The molecule has 22 heavy (non-hydrogen) atoms. The van der Waals surface area contributed by atoms with Crippen LogP contribution in [-0.4, -0.2) is 31.7 Å². The van der Waals surface area contributed by atoms with Gasteiger partial charge in [0.2, 0.25) is 5.95 Å². The molecule has 0 radical (unpaired) electrons. The molecule has 4 rings (SSSR count). The number of hydrogen-bond acceptors (Lipinski definition) is 7. The number of H-pyrrole nitrogens is 1. The molecule has 3 aromatic rings. The lowest BCUT2D eigenvalue weighted by molar-refractivity contribution is 0.713. The summed E-state index contributed by atoms with van der Waals surface area (Å²) in [5, 5.41) is 7.75. The number of aromatic amines is 1. The maximum atomic E-state index is 6.05. The van der Waals surface area contributed by atoms with Crippen molar-refractivity contribution in [2.24, 2.45) is 0 Å². The van der Waals surface area contributed by atoms with E-state index in [1.807, 2.05) is 12.1 Å². The highest BCUT2D eigenvalue weighted by molar-refractivity contribution is 5.87. The second-order valence-corrected chi connectivity index (χ2v) is 5.37. The fourth-order valence-electron chi connectivity index (χ4n) is 3.11. The quantitative estimate of drug-likeness (QED) is 0.650. The van der Waals surface area contributed by atoms with Crippen molar-refractivity contribution in [1.29, 1.82) is 0 Å². The van der Waals surface area contributed by atoms with E-state index in [1.54, 1.807) is 12.4 Å². The Bertz CT molecular complexity index is 827. The molecule has 1 unspecified atom stereocenters. The summed E-state index contributed by atoms with van der Waals surface area (Å²) in [6, 6.07) is 4.06. The van der Waals surface area contributed by atoms with Gasteiger partial charge in [-0.1, -0.05) is 6.07 Å². The van der Waals surface area contributed by atoms with Gasteiger partial charge in [-0.25, -0.2) is 4.98 Å². The third kappa shape index (κ3) is 1.92. The van der Waals surface area contributed by atoms with Crippen molar-refractivity contribution in [3.63, 3.8) is 0 Å². The molecule has 0 saturated carbocycles. The van der Waals surface area contributed by atoms with E-state index in [9.17, 15) is 0 Å². The number of hydrogen-bond donors (Lipinski definition) is 3. The van der Waals surface area contributed by atoms with Crippen LogP contribution in [-0.2, 0) is 0 Å². The van der Waals surface area contributed by atoms with Gasteiger partial charge in [-0.2, -0.15) is 15.1 Å². The lowest BCUT2D eigenvalue weighted by Crippen LogP contribution is -2.25. The topological polar surface area (TPSA) is 123 Å². The van der Waals surface area contributed by atoms with Crippen LogP contribution >= 0.6 is 0 Å². The highest BCUT2D eigenvalue weighted by atomic mass is 15.3. The Labute approximate surface area is 126 Å². The molecule has 0 aromatic carbocycles. The van der Waals surface area contributed by atoms with E-state index in [1.165, 1.54) is 0 Å². The number of nitrogens with zero attached hydrogens (tertiary/aromatic N) is 5. The molecule has 5 N–H and O–H groups in total. The van der Waals surface area contributed by atoms with Gasteiger partial charge in [0.15, 0.2) is 5.65 Å². The minimum absolute atomic E-state index is 0.140. The molecule has 4 heterocycles. The van der Waals surface area contributed by atoms with Crippen molar-refractivity contribution >= 4 is 28.6 Å². The molecule has 0 aliphatic carbocycles. The molecule has 1 fully saturated rings. The average molecular weight is 296 g/mol. The molecule has 0 bridgehead atoms. The highest BCUT2D eigenvalue weighted by Gasteiger charge is 2.30. The molecule has 0 amide bonds. The zero-order chi connectivity index (χ0) is 15.1. The van der Waals surface area contributed by atoms with Crippen molar-refractivity contribution < 1.29 is 0 Å². The molecule has 8 heteroatoms. The third-order valence-corrected chi connectivity index (χ3v) is 4.06. The number of nitrogen functional groups attached to an aromatic ring is 2. The maximum Gasteiger partial charge on any atom is 0.224 e. The predicted octanol–water partition coefficient (Wildman–Crippen LogP) is 1.25. The Morgan fingerprint density at radius 3 is 3.05 bits per heavy atom. The summed E-state index contributed by atoms with van der Waals surface area (Å²) in [6.45, 7) is 0.885. The Kier molecular flexibility index (Phi) is 2.81. The lowest BCUT2D eigenvalue weighted by Gasteiger charge is -2.27. The number of nitrogens with two attached hydrogens (primary N) is 2. The van der Waals surface area contributed by atoms with E-state index in [4.69, 9.17) is 11.5 Å². The van der Waals surface area contributed by atoms with E-state index in [-0.39, 0.29) is 12.0 Å². The van der Waals surface area contributed by atoms with Crippen LogP contribution in [0.15, 0.2) is 24.5 Å². The van der Waals surface area contributed by atoms with Crippen molar-refractivity contribution in [3.05, 3.63) is 30.1 Å². The van der Waals surface area contributed by atoms with Gasteiger partial charge < -0.3 is 16.4 Å². The smallest absolute Gasteiger partial charge is 0.224 e. The second kappa shape index (κ2) is 4.83. The number of aromatic nitrogens is 5. The summed E-state index contributed by atoms with van der Waals surface area (Å²) in [6.07, 6.45) is 5.49. The summed E-state index contributed by atoms with van der Waals surface area (Å²) in [5.41, 5.74) is 13.5. The minimum Gasteiger partial charge on any atom is -0.383 e. The zero-order valence-electron chi connectivity index (χ0n) is 11.9. The monoisotopic (exact) mass is 296 g/mol. The SMILES string of the molecule is Nc1nc(N2CCCC2c2cccnc2N)c2cn[nH]c2n1. The second-order valence-electron chi connectivity index (χ2n) is 5.37. The number of fused-ring (bicyclic) bond motifs is 1. The van der Waals surface area contributed by atoms with Crippen LogP contribution in [0.3, 0.4) is 0 Å². The van der Waals surface area contributed by atoms with Gasteiger partial charge in [0.25, 0.3) is 0 Å². The number of pyridine rings is 1. The van der Waals surface area contributed by atoms with Gasteiger partial charge in [0, 0.05) is 18.3 Å². The number of anilines is 3. The first-order chi connectivity index (χ1) is 10.7. The van der Waals surface area contributed by atoms with Crippen molar-refractivity contribution in [3.8, 4) is 0 Å². The van der Waals surface area contributed by atoms with Crippen molar-refractivity contribution in [1.82, 2.24) is 25.1 Å². The first kappa shape index (κ1) is 12.8. The molecule has 1 aliphatic rings. The Balaban J connectivity index is 1.83. The van der Waals surface area contributed by atoms with Crippen LogP contribution < -0.4 is 16.4 Å². The Morgan fingerprint density at radius 1 is 1.27 bits per heavy atom. The Hall–Kier alpha value is -2.90. The van der Waals surface area contributed by atoms with Gasteiger partial charge in [-0.3, -0.25) is 5.10 Å². The molecule has 1 atom stereocenters. The largest absolute Gasteiger partial charge is 0.383 e. The highest BCUT2D eigenvalue weighted by Crippen LogP contribution is 2.39. The molecule has 1 saturated heterocycles. The molecule has 8 nitrogen and oxygen atoms in total. The minimum atomic E-state index is 0.140. The molecular weight excluding hydrogens is 280 g/mol. The number of nitrogens with one attached hydrogen (secondary N) is 1. The van der Waals surface area contributed by atoms with Crippen LogP contribution in [0.2, 0.25) is 0 Å². The van der Waals surface area contributed by atoms with Gasteiger partial charge >= 0.3 is 0 Å². The van der Waals surface area contributed by atoms with E-state index in [0.29, 0.717) is 11.5 Å². The zero-order valence-corrected chi connectivity index (χ0v) is 11.9. The third-order valence-electron chi connectivity index (χ3n) is 4.06. The number of rotatable bonds is 2. The molecule has 112 valence electrons. The van der Waals surface area contributed by atoms with E-state index in [2.05, 4.69) is 30.0 Å². The fraction of sp³-hybridized carbons (Fsp3) is 0.286. The summed E-state index contributed by atoms with van der Waals surface area (Å²) >= 11 is 0. The molecule has 1 aliphatic heterocycles. The van der Waals surface area contributed by atoms with Gasteiger partial charge in [0.1, 0.15) is 11.6 Å². The molecular formula is C14H16N8. The van der Waals surface area contributed by atoms with Gasteiger partial charge in [0.05, 0.1) is 17.6 Å². The van der Waals surface area contributed by atoms with Gasteiger partial charge in [-0.05, 0) is 18.9 Å². The summed E-state index contributed by atoms with van der Waals surface area (Å²) in [7, 11) is 0. The van der Waals surface area contributed by atoms with E-state index in [0.717, 1.165) is 36.2 Å². The van der Waals surface area contributed by atoms with Crippen LogP contribution in [0.4, 0.5) is 17.6 Å². The van der Waals surface area contributed by atoms with Crippen molar-refractivity contribution in [2.75, 3.05) is 22.9 Å². The Morgan fingerprint density at radius 2 is 2.18 bits per heavy atom. The van der Waals surface area contributed by atoms with Crippen LogP contribution in [0.5, 0.6) is 0 Å².